The van der Waals surface area contributed by atoms with Crippen LogP contribution in [0.25, 0.3) is 5.69 Å². The summed E-state index contributed by atoms with van der Waals surface area (Å²) in [5.41, 5.74) is 0.805. The Morgan fingerprint density at radius 3 is 3.00 bits per heavy atom. The van der Waals surface area contributed by atoms with Crippen LogP contribution in [0.2, 0.25) is 0 Å². The first kappa shape index (κ1) is 12.0. The number of carboxylic acids is 1. The van der Waals surface area contributed by atoms with Crippen LogP contribution in [0.15, 0.2) is 36.7 Å². The molecule has 2 rings (SSSR count). The van der Waals surface area contributed by atoms with Gasteiger partial charge in [0.25, 0.3) is 0 Å². The number of aliphatic carboxylic acids is 1. The molecule has 0 aliphatic heterocycles. The molecule has 1 aromatic heterocycles. The summed E-state index contributed by atoms with van der Waals surface area (Å²) in [5.74, 6) is 0.0976. The minimum Gasteiger partial charge on any atom is -0.497 e. The largest absolute Gasteiger partial charge is 0.497 e. The standard InChI is InChI=1S/C12H12N2O4/c1-17-10-4-2-3-9(5-10)14-7-11(6-13-14)18-8-12(15)16/h2-7H,8H2,1H3,(H,15,16). The van der Waals surface area contributed by atoms with Crippen molar-refractivity contribution in [2.45, 2.75) is 0 Å². The maximum atomic E-state index is 10.4. The molecule has 0 radical (unpaired) electrons. The fourth-order valence-electron chi connectivity index (χ4n) is 1.42. The van der Waals surface area contributed by atoms with Gasteiger partial charge in [0.05, 0.1) is 25.2 Å². The van der Waals surface area contributed by atoms with Gasteiger partial charge >= 0.3 is 5.97 Å². The molecule has 0 atom stereocenters. The van der Waals surface area contributed by atoms with Gasteiger partial charge in [-0.1, -0.05) is 6.07 Å². The third-order valence-corrected chi connectivity index (χ3v) is 2.24. The summed E-state index contributed by atoms with van der Waals surface area (Å²) in [7, 11) is 1.59. The van der Waals surface area contributed by atoms with Crippen molar-refractivity contribution in [3.05, 3.63) is 36.7 Å². The normalized spacial score (nSPS) is 10.1. The Morgan fingerprint density at radius 2 is 2.28 bits per heavy atom. The van der Waals surface area contributed by atoms with Crippen LogP contribution in [0.4, 0.5) is 0 Å². The van der Waals surface area contributed by atoms with Gasteiger partial charge in [0.15, 0.2) is 12.4 Å². The third-order valence-electron chi connectivity index (χ3n) is 2.24. The zero-order valence-electron chi connectivity index (χ0n) is 9.74. The molecule has 0 bridgehead atoms. The number of benzene rings is 1. The molecule has 6 nitrogen and oxygen atoms in total. The predicted molar refractivity (Wildman–Crippen MR) is 63.2 cm³/mol. The van der Waals surface area contributed by atoms with E-state index in [0.29, 0.717) is 5.75 Å². The van der Waals surface area contributed by atoms with E-state index in [1.165, 1.54) is 6.20 Å². The van der Waals surface area contributed by atoms with Crippen molar-refractivity contribution in [1.29, 1.82) is 0 Å². The van der Waals surface area contributed by atoms with Gasteiger partial charge in [-0.3, -0.25) is 0 Å². The molecule has 1 N–H and O–H groups in total. The van der Waals surface area contributed by atoms with E-state index < -0.39 is 5.97 Å². The van der Waals surface area contributed by atoms with Crippen LogP contribution < -0.4 is 9.47 Å². The summed E-state index contributed by atoms with van der Waals surface area (Å²) < 4.78 is 11.7. The molecule has 0 aliphatic rings. The van der Waals surface area contributed by atoms with Crippen LogP contribution in [-0.4, -0.2) is 34.6 Å². The van der Waals surface area contributed by atoms with Crippen LogP contribution in [0.3, 0.4) is 0 Å². The number of hydrogen-bond donors (Lipinski definition) is 1. The second kappa shape index (κ2) is 5.22. The van der Waals surface area contributed by atoms with E-state index in [-0.39, 0.29) is 6.61 Å². The number of hydrogen-bond acceptors (Lipinski definition) is 4. The van der Waals surface area contributed by atoms with Crippen LogP contribution in [0, 0.1) is 0 Å². The van der Waals surface area contributed by atoms with Gasteiger partial charge in [0, 0.05) is 6.07 Å². The molecule has 94 valence electrons. The molecule has 0 spiro atoms. The lowest BCUT2D eigenvalue weighted by Gasteiger charge is -2.03. The second-order valence-electron chi connectivity index (χ2n) is 3.50. The Balaban J connectivity index is 2.15. The van der Waals surface area contributed by atoms with E-state index in [1.807, 2.05) is 24.3 Å². The number of carbonyl (C=O) groups is 1. The Labute approximate surface area is 103 Å². The van der Waals surface area contributed by atoms with Gasteiger partial charge in [-0.05, 0) is 12.1 Å². The summed E-state index contributed by atoms with van der Waals surface area (Å²) in [6.07, 6.45) is 3.07. The van der Waals surface area contributed by atoms with Gasteiger partial charge < -0.3 is 14.6 Å². The molecule has 0 fully saturated rings. The maximum Gasteiger partial charge on any atom is 0.341 e. The highest BCUT2D eigenvalue weighted by molar-refractivity contribution is 5.68. The van der Waals surface area contributed by atoms with Crippen LogP contribution >= 0.6 is 0 Å². The monoisotopic (exact) mass is 248 g/mol. The van der Waals surface area contributed by atoms with Gasteiger partial charge in [-0.15, -0.1) is 0 Å². The van der Waals surface area contributed by atoms with E-state index in [9.17, 15) is 4.79 Å². The molecule has 1 aromatic carbocycles. The molecular weight excluding hydrogens is 236 g/mol. The molecule has 2 aromatic rings. The highest BCUT2D eigenvalue weighted by Crippen LogP contribution is 2.18. The third kappa shape index (κ3) is 2.79. The van der Waals surface area contributed by atoms with E-state index in [0.717, 1.165) is 11.4 Å². The molecule has 0 saturated heterocycles. The Hall–Kier alpha value is -2.50. The molecule has 1 heterocycles. The lowest BCUT2D eigenvalue weighted by atomic mass is 10.3. The Kier molecular flexibility index (Phi) is 3.47. The molecule has 0 aliphatic carbocycles. The minimum absolute atomic E-state index is 0.385. The summed E-state index contributed by atoms with van der Waals surface area (Å²) in [5, 5.41) is 12.6. The van der Waals surface area contributed by atoms with Gasteiger partial charge in [-0.25, -0.2) is 9.48 Å². The highest BCUT2D eigenvalue weighted by atomic mass is 16.5. The van der Waals surface area contributed by atoms with Crippen molar-refractivity contribution >= 4 is 5.97 Å². The van der Waals surface area contributed by atoms with Crippen LogP contribution in [-0.2, 0) is 4.79 Å². The first-order chi connectivity index (χ1) is 8.69. The smallest absolute Gasteiger partial charge is 0.341 e. The maximum absolute atomic E-state index is 10.4. The van der Waals surface area contributed by atoms with Crippen molar-refractivity contribution in [1.82, 2.24) is 9.78 Å². The van der Waals surface area contributed by atoms with Gasteiger partial charge in [0.1, 0.15) is 5.75 Å². The quantitative estimate of drug-likeness (QED) is 0.864. The molecule has 0 saturated carbocycles. The Morgan fingerprint density at radius 1 is 1.44 bits per heavy atom. The molecule has 6 heteroatoms. The minimum atomic E-state index is -1.02. The van der Waals surface area contributed by atoms with Crippen molar-refractivity contribution < 1.29 is 19.4 Å². The van der Waals surface area contributed by atoms with E-state index >= 15 is 0 Å². The van der Waals surface area contributed by atoms with Crippen molar-refractivity contribution in [3.63, 3.8) is 0 Å². The molecule has 0 amide bonds. The van der Waals surface area contributed by atoms with Crippen molar-refractivity contribution in [2.75, 3.05) is 13.7 Å². The van der Waals surface area contributed by atoms with Crippen LogP contribution in [0.5, 0.6) is 11.5 Å². The zero-order valence-corrected chi connectivity index (χ0v) is 9.74. The summed E-state index contributed by atoms with van der Waals surface area (Å²) in [6, 6.07) is 7.34. The summed E-state index contributed by atoms with van der Waals surface area (Å²) in [6.45, 7) is -0.385. The number of methoxy groups -OCH3 is 1. The van der Waals surface area contributed by atoms with E-state index in [2.05, 4.69) is 5.10 Å². The van der Waals surface area contributed by atoms with Crippen LogP contribution in [0.1, 0.15) is 0 Å². The SMILES string of the molecule is COc1cccc(-n2cc(OCC(=O)O)cn2)c1. The average Bonchev–Trinajstić information content (AvgIpc) is 2.85. The van der Waals surface area contributed by atoms with Crippen molar-refractivity contribution in [3.8, 4) is 17.2 Å². The Bertz CT molecular complexity index is 551. The number of rotatable bonds is 5. The molecular formula is C12H12N2O4. The van der Waals surface area contributed by atoms with E-state index in [1.54, 1.807) is 18.0 Å². The summed E-state index contributed by atoms with van der Waals surface area (Å²) in [4.78, 5) is 10.4. The molecule has 0 unspecified atom stereocenters. The number of aromatic nitrogens is 2. The first-order valence-electron chi connectivity index (χ1n) is 5.23. The highest BCUT2D eigenvalue weighted by Gasteiger charge is 2.04. The first-order valence-corrected chi connectivity index (χ1v) is 5.23. The second-order valence-corrected chi connectivity index (χ2v) is 3.50. The fourth-order valence-corrected chi connectivity index (χ4v) is 1.42. The zero-order chi connectivity index (χ0) is 13.0. The number of ether oxygens (including phenoxy) is 2. The fraction of sp³-hybridized carbons (Fsp3) is 0.167. The lowest BCUT2D eigenvalue weighted by molar-refractivity contribution is -0.139. The topological polar surface area (TPSA) is 73.6 Å². The number of carboxylic acid groups (broad SMARTS) is 1. The summed E-state index contributed by atoms with van der Waals surface area (Å²) >= 11 is 0. The average molecular weight is 248 g/mol. The van der Waals surface area contributed by atoms with E-state index in [4.69, 9.17) is 14.6 Å². The van der Waals surface area contributed by atoms with Gasteiger partial charge in [-0.2, -0.15) is 5.10 Å². The number of nitrogens with zero attached hydrogens (tertiary/aromatic N) is 2. The molecule has 18 heavy (non-hydrogen) atoms. The van der Waals surface area contributed by atoms with Gasteiger partial charge in [0.2, 0.25) is 0 Å². The lowest BCUT2D eigenvalue weighted by Crippen LogP contribution is -2.08. The van der Waals surface area contributed by atoms with Crippen molar-refractivity contribution in [2.24, 2.45) is 0 Å². The predicted octanol–water partition coefficient (Wildman–Crippen LogP) is 1.34.